The Morgan fingerprint density at radius 1 is 1.22 bits per heavy atom. The fourth-order valence-corrected chi connectivity index (χ4v) is 5.63. The van der Waals surface area contributed by atoms with Gasteiger partial charge in [-0.15, -0.1) is 0 Å². The molecule has 2 aromatic rings. The third kappa shape index (κ3) is 4.50. The topological polar surface area (TPSA) is 186 Å². The van der Waals surface area contributed by atoms with Crippen LogP contribution in [0.1, 0.15) is 71.2 Å². The van der Waals surface area contributed by atoms with Crippen molar-refractivity contribution in [2.24, 2.45) is 23.5 Å². The van der Waals surface area contributed by atoms with Crippen LogP contribution >= 0.6 is 0 Å². The Bertz CT molecular complexity index is 1280. The Kier molecular flexibility index (Phi) is 5.58. The molecule has 3 heterocycles. The first-order chi connectivity index (χ1) is 17.8. The SMILES string of the molecule is N#C[C@@H]1C[C@@H]1COc1nc(C(=O)NC23CC(C2)C3)cc(N2CCC(c3ncc(N)c(C(N)=O)n3)CC2)n1. The summed E-state index contributed by atoms with van der Waals surface area (Å²) in [6.07, 6.45) is 6.79. The molecule has 2 bridgehead atoms. The number of nitrogens with zero attached hydrogens (tertiary/aromatic N) is 6. The third-order valence-electron chi connectivity index (χ3n) is 8.11. The van der Waals surface area contributed by atoms with E-state index in [1.807, 2.05) is 0 Å². The van der Waals surface area contributed by atoms with E-state index in [2.05, 4.69) is 36.2 Å². The van der Waals surface area contributed by atoms with Gasteiger partial charge in [-0.25, -0.2) is 9.97 Å². The molecule has 12 heteroatoms. The van der Waals surface area contributed by atoms with Crippen molar-refractivity contribution in [3.05, 3.63) is 29.5 Å². The van der Waals surface area contributed by atoms with Crippen molar-refractivity contribution in [3.63, 3.8) is 0 Å². The van der Waals surface area contributed by atoms with Crippen molar-refractivity contribution in [1.82, 2.24) is 25.3 Å². The van der Waals surface area contributed by atoms with E-state index in [1.54, 1.807) is 6.07 Å². The molecule has 2 atom stereocenters. The largest absolute Gasteiger partial charge is 0.463 e. The van der Waals surface area contributed by atoms with Crippen LogP contribution in [-0.2, 0) is 0 Å². The molecule has 4 saturated carbocycles. The predicted octanol–water partition coefficient (Wildman–Crippen LogP) is 1.15. The van der Waals surface area contributed by atoms with Gasteiger partial charge in [0.25, 0.3) is 11.8 Å². The van der Waals surface area contributed by atoms with E-state index in [-0.39, 0.29) is 52.3 Å². The summed E-state index contributed by atoms with van der Waals surface area (Å²) in [6.45, 7) is 1.65. The smallest absolute Gasteiger partial charge is 0.319 e. The molecule has 37 heavy (non-hydrogen) atoms. The fraction of sp³-hybridized carbons (Fsp3) is 0.560. The van der Waals surface area contributed by atoms with Crippen molar-refractivity contribution in [2.45, 2.75) is 50.0 Å². The lowest BCUT2D eigenvalue weighted by atomic mass is 9.50. The predicted molar refractivity (Wildman–Crippen MR) is 131 cm³/mol. The Morgan fingerprint density at radius 2 is 1.97 bits per heavy atom. The molecule has 0 radical (unpaired) electrons. The van der Waals surface area contributed by atoms with Crippen LogP contribution in [0.5, 0.6) is 6.01 Å². The zero-order chi connectivity index (χ0) is 25.7. The molecular formula is C25H29N9O3. The van der Waals surface area contributed by atoms with Crippen LogP contribution in [0.25, 0.3) is 0 Å². The lowest BCUT2D eigenvalue weighted by Crippen LogP contribution is -2.68. The van der Waals surface area contributed by atoms with Gasteiger partial charge in [-0.3, -0.25) is 9.59 Å². The number of ether oxygens (including phenoxy) is 1. The molecule has 5 fully saturated rings. The second-order valence-electron chi connectivity index (χ2n) is 10.8. The minimum absolute atomic E-state index is 0.0138. The zero-order valence-corrected chi connectivity index (χ0v) is 20.4. The minimum atomic E-state index is -0.677. The van der Waals surface area contributed by atoms with Crippen molar-refractivity contribution in [1.29, 1.82) is 5.26 Å². The molecule has 7 rings (SSSR count). The number of nitrogens with two attached hydrogens (primary N) is 2. The van der Waals surface area contributed by atoms with E-state index in [0.717, 1.165) is 44.4 Å². The van der Waals surface area contributed by atoms with Crippen LogP contribution in [0.4, 0.5) is 11.5 Å². The number of aromatic nitrogens is 4. The molecule has 5 N–H and O–H groups in total. The van der Waals surface area contributed by atoms with Crippen molar-refractivity contribution in [3.8, 4) is 12.1 Å². The number of nitrogen functional groups attached to an aromatic ring is 1. The summed E-state index contributed by atoms with van der Waals surface area (Å²) in [4.78, 5) is 44.4. The van der Waals surface area contributed by atoms with E-state index in [9.17, 15) is 9.59 Å². The van der Waals surface area contributed by atoms with Crippen molar-refractivity contribution >= 4 is 23.3 Å². The monoisotopic (exact) mass is 503 g/mol. The number of nitriles is 1. The molecule has 1 saturated heterocycles. The van der Waals surface area contributed by atoms with Crippen LogP contribution in [0, 0.1) is 29.1 Å². The fourth-order valence-electron chi connectivity index (χ4n) is 5.63. The van der Waals surface area contributed by atoms with Gasteiger partial charge in [0, 0.05) is 36.5 Å². The number of hydrogen-bond acceptors (Lipinski definition) is 10. The van der Waals surface area contributed by atoms with E-state index in [0.29, 0.717) is 31.3 Å². The van der Waals surface area contributed by atoms with Crippen molar-refractivity contribution < 1.29 is 14.3 Å². The summed E-state index contributed by atoms with van der Waals surface area (Å²) in [5.74, 6) is 1.26. The average molecular weight is 504 g/mol. The van der Waals surface area contributed by atoms with Crippen LogP contribution < -0.4 is 26.4 Å². The van der Waals surface area contributed by atoms with Gasteiger partial charge in [0.05, 0.1) is 30.5 Å². The van der Waals surface area contributed by atoms with E-state index >= 15 is 0 Å². The first-order valence-corrected chi connectivity index (χ1v) is 12.7. The standard InChI is InChI=1S/C25H29N9O3/c26-10-15-5-16(15)12-37-24-30-18(23(36)33-25-7-13(8-25)9-25)6-19(31-24)34-3-1-14(2-4-34)22-29-11-17(27)20(32-22)21(28)35/h6,11,13-16H,1-5,7-9,12,27H2,(H2,28,35)(H,33,36)/t13?,15-,16+,25?/m0/s1. The number of carbonyl (C=O) groups excluding carboxylic acids is 2. The lowest BCUT2D eigenvalue weighted by Gasteiger charge is -2.61. The van der Waals surface area contributed by atoms with Gasteiger partial charge in [0.15, 0.2) is 5.69 Å². The van der Waals surface area contributed by atoms with Gasteiger partial charge in [-0.1, -0.05) is 0 Å². The van der Waals surface area contributed by atoms with E-state index in [4.69, 9.17) is 21.5 Å². The van der Waals surface area contributed by atoms with Crippen LogP contribution in [0.2, 0.25) is 0 Å². The highest BCUT2D eigenvalue weighted by atomic mass is 16.5. The van der Waals surface area contributed by atoms with E-state index in [1.165, 1.54) is 6.20 Å². The highest BCUT2D eigenvalue weighted by Gasteiger charge is 2.57. The van der Waals surface area contributed by atoms with Crippen LogP contribution in [0.3, 0.4) is 0 Å². The van der Waals surface area contributed by atoms with Crippen LogP contribution in [0.15, 0.2) is 12.3 Å². The molecule has 5 aliphatic rings. The third-order valence-corrected chi connectivity index (χ3v) is 8.11. The van der Waals surface area contributed by atoms with Crippen molar-refractivity contribution in [2.75, 3.05) is 30.3 Å². The number of carbonyl (C=O) groups is 2. The first kappa shape index (κ1) is 23.4. The Labute approximate surface area is 213 Å². The van der Waals surface area contributed by atoms with Gasteiger partial charge < -0.3 is 26.4 Å². The summed E-state index contributed by atoms with van der Waals surface area (Å²) in [5.41, 5.74) is 11.6. The molecule has 4 aliphatic carbocycles. The summed E-state index contributed by atoms with van der Waals surface area (Å²) >= 11 is 0. The number of anilines is 2. The van der Waals surface area contributed by atoms with Gasteiger partial charge >= 0.3 is 6.01 Å². The molecular weight excluding hydrogens is 474 g/mol. The van der Waals surface area contributed by atoms with Gasteiger partial charge in [0.2, 0.25) is 0 Å². The quantitative estimate of drug-likeness (QED) is 0.472. The number of nitrogens with one attached hydrogen (secondary N) is 1. The highest BCUT2D eigenvalue weighted by Crippen LogP contribution is 2.57. The second kappa shape index (κ2) is 8.83. The summed E-state index contributed by atoms with van der Waals surface area (Å²) in [7, 11) is 0. The first-order valence-electron chi connectivity index (χ1n) is 12.7. The maximum Gasteiger partial charge on any atom is 0.319 e. The number of primary amides is 1. The number of rotatable bonds is 8. The normalized spacial score (nSPS) is 27.9. The van der Waals surface area contributed by atoms with Crippen LogP contribution in [-0.4, -0.2) is 57.0 Å². The minimum Gasteiger partial charge on any atom is -0.463 e. The Hall–Kier alpha value is -4.01. The molecule has 0 spiro atoms. The molecule has 12 nitrogen and oxygen atoms in total. The maximum atomic E-state index is 13.1. The molecule has 1 aliphatic heterocycles. The molecule has 2 aromatic heterocycles. The average Bonchev–Trinajstić information content (AvgIpc) is 3.63. The molecule has 192 valence electrons. The lowest BCUT2D eigenvalue weighted by molar-refractivity contribution is -0.0439. The van der Waals surface area contributed by atoms with Gasteiger partial charge in [-0.05, 0) is 44.4 Å². The number of piperidine rings is 1. The summed E-state index contributed by atoms with van der Waals surface area (Å²) < 4.78 is 5.85. The number of amides is 2. The Balaban J connectivity index is 1.17. The van der Waals surface area contributed by atoms with E-state index < -0.39 is 5.91 Å². The van der Waals surface area contributed by atoms with Gasteiger partial charge in [-0.2, -0.15) is 15.2 Å². The Morgan fingerprint density at radius 3 is 2.59 bits per heavy atom. The summed E-state index contributed by atoms with van der Waals surface area (Å²) in [6, 6.07) is 4.12. The second-order valence-corrected chi connectivity index (χ2v) is 10.8. The zero-order valence-electron chi connectivity index (χ0n) is 20.4. The molecule has 0 unspecified atom stereocenters. The molecule has 2 amide bonds. The highest BCUT2D eigenvalue weighted by molar-refractivity contribution is 5.95. The molecule has 0 aromatic carbocycles. The summed E-state index contributed by atoms with van der Waals surface area (Å²) in [5, 5.41) is 12.2. The van der Waals surface area contributed by atoms with Gasteiger partial charge in [0.1, 0.15) is 17.3 Å². The maximum absolute atomic E-state index is 13.1. The number of hydrogen-bond donors (Lipinski definition) is 3.